The summed E-state index contributed by atoms with van der Waals surface area (Å²) in [6.07, 6.45) is 2.55. The van der Waals surface area contributed by atoms with E-state index in [0.29, 0.717) is 0 Å². The molecule has 0 saturated carbocycles. The van der Waals surface area contributed by atoms with Crippen LogP contribution in [0.25, 0.3) is 0 Å². The molecule has 1 aromatic rings. The molecule has 0 aliphatic carbocycles. The molecule has 0 amide bonds. The molecule has 0 radical (unpaired) electrons. The molecule has 2 unspecified atom stereocenters. The molecule has 0 aromatic carbocycles. The van der Waals surface area contributed by atoms with Crippen molar-refractivity contribution in [3.63, 3.8) is 0 Å². The predicted octanol–water partition coefficient (Wildman–Crippen LogP) is 4.20. The van der Waals surface area contributed by atoms with Crippen molar-refractivity contribution in [2.24, 2.45) is 17.8 Å². The van der Waals surface area contributed by atoms with Crippen molar-refractivity contribution in [1.82, 2.24) is 5.32 Å². The molecule has 1 aromatic heterocycles. The Hall–Kier alpha value is -0.340. The predicted molar refractivity (Wildman–Crippen MR) is 78.7 cm³/mol. The monoisotopic (exact) mass is 253 g/mol. The summed E-state index contributed by atoms with van der Waals surface area (Å²) in [6, 6.07) is 4.40. The van der Waals surface area contributed by atoms with Crippen LogP contribution >= 0.6 is 11.3 Å². The highest BCUT2D eigenvalue weighted by Gasteiger charge is 2.12. The van der Waals surface area contributed by atoms with Crippen molar-refractivity contribution in [2.45, 2.75) is 40.5 Å². The second kappa shape index (κ2) is 7.88. The summed E-state index contributed by atoms with van der Waals surface area (Å²) in [7, 11) is 0. The molecular formula is C15H27NS. The molecule has 98 valence electrons. The number of thiophene rings is 1. The lowest BCUT2D eigenvalue weighted by Crippen LogP contribution is -2.28. The van der Waals surface area contributed by atoms with E-state index in [0.717, 1.165) is 30.8 Å². The Morgan fingerprint density at radius 2 is 1.88 bits per heavy atom. The van der Waals surface area contributed by atoms with Gasteiger partial charge in [-0.2, -0.15) is 0 Å². The largest absolute Gasteiger partial charge is 0.316 e. The molecule has 1 N–H and O–H groups in total. The van der Waals surface area contributed by atoms with Crippen LogP contribution in [0.5, 0.6) is 0 Å². The zero-order valence-electron chi connectivity index (χ0n) is 11.7. The first-order valence-corrected chi connectivity index (χ1v) is 7.70. The standard InChI is InChI=1S/C15H27NS/c1-12(2)10-16-11-14(4)13(3)7-8-15-6-5-9-17-15/h5-6,9,12-14,16H,7-8,10-11H2,1-4H3. The average molecular weight is 253 g/mol. The van der Waals surface area contributed by atoms with Crippen LogP contribution < -0.4 is 5.32 Å². The third-order valence-corrected chi connectivity index (χ3v) is 4.35. The van der Waals surface area contributed by atoms with E-state index in [2.05, 4.69) is 50.5 Å². The molecule has 0 aliphatic rings. The second-order valence-corrected chi connectivity index (χ2v) is 6.66. The number of aryl methyl sites for hydroxylation is 1. The molecule has 1 heterocycles. The van der Waals surface area contributed by atoms with Gasteiger partial charge in [0.25, 0.3) is 0 Å². The fraction of sp³-hybridized carbons (Fsp3) is 0.733. The number of rotatable bonds is 8. The van der Waals surface area contributed by atoms with Crippen LogP contribution in [0.1, 0.15) is 39.0 Å². The summed E-state index contributed by atoms with van der Waals surface area (Å²) in [5.74, 6) is 2.33. The van der Waals surface area contributed by atoms with Gasteiger partial charge < -0.3 is 5.32 Å². The second-order valence-electron chi connectivity index (χ2n) is 5.62. The minimum absolute atomic E-state index is 0.753. The van der Waals surface area contributed by atoms with Crippen molar-refractivity contribution >= 4 is 11.3 Å². The van der Waals surface area contributed by atoms with Gasteiger partial charge in [-0.25, -0.2) is 0 Å². The van der Waals surface area contributed by atoms with Crippen LogP contribution in [0.3, 0.4) is 0 Å². The molecule has 0 bridgehead atoms. The first kappa shape index (κ1) is 14.7. The Balaban J connectivity index is 2.15. The summed E-state index contributed by atoms with van der Waals surface area (Å²) < 4.78 is 0. The molecule has 1 nitrogen and oxygen atoms in total. The van der Waals surface area contributed by atoms with E-state index in [1.54, 1.807) is 0 Å². The van der Waals surface area contributed by atoms with Gasteiger partial charge in [0, 0.05) is 4.88 Å². The zero-order valence-corrected chi connectivity index (χ0v) is 12.5. The smallest absolute Gasteiger partial charge is 0.00453 e. The molecule has 0 fully saturated rings. The highest BCUT2D eigenvalue weighted by atomic mass is 32.1. The minimum Gasteiger partial charge on any atom is -0.316 e. The maximum Gasteiger partial charge on any atom is 0.00453 e. The number of hydrogen-bond donors (Lipinski definition) is 1. The molecule has 2 atom stereocenters. The van der Waals surface area contributed by atoms with Gasteiger partial charge in [-0.15, -0.1) is 11.3 Å². The molecule has 2 heteroatoms. The number of nitrogens with one attached hydrogen (secondary N) is 1. The van der Waals surface area contributed by atoms with Crippen molar-refractivity contribution in [1.29, 1.82) is 0 Å². The molecule has 17 heavy (non-hydrogen) atoms. The fourth-order valence-electron chi connectivity index (χ4n) is 1.91. The van der Waals surface area contributed by atoms with Gasteiger partial charge in [-0.1, -0.05) is 33.8 Å². The van der Waals surface area contributed by atoms with Crippen molar-refractivity contribution in [3.05, 3.63) is 22.4 Å². The van der Waals surface area contributed by atoms with E-state index in [-0.39, 0.29) is 0 Å². The summed E-state index contributed by atoms with van der Waals surface area (Å²) >= 11 is 1.88. The summed E-state index contributed by atoms with van der Waals surface area (Å²) in [4.78, 5) is 1.53. The fourth-order valence-corrected chi connectivity index (χ4v) is 2.63. The molecular weight excluding hydrogens is 226 g/mol. The first-order valence-electron chi connectivity index (χ1n) is 6.82. The van der Waals surface area contributed by atoms with Gasteiger partial charge in [0.05, 0.1) is 0 Å². The maximum absolute atomic E-state index is 3.56. The third kappa shape index (κ3) is 6.23. The van der Waals surface area contributed by atoms with Crippen LogP contribution in [0.15, 0.2) is 17.5 Å². The summed E-state index contributed by atoms with van der Waals surface area (Å²) in [5, 5.41) is 5.74. The topological polar surface area (TPSA) is 12.0 Å². The van der Waals surface area contributed by atoms with E-state index >= 15 is 0 Å². The van der Waals surface area contributed by atoms with Crippen LogP contribution in [-0.4, -0.2) is 13.1 Å². The van der Waals surface area contributed by atoms with Gasteiger partial charge >= 0.3 is 0 Å². The van der Waals surface area contributed by atoms with Gasteiger partial charge in [0.15, 0.2) is 0 Å². The van der Waals surface area contributed by atoms with Gasteiger partial charge in [0.1, 0.15) is 0 Å². The lowest BCUT2D eigenvalue weighted by Gasteiger charge is -2.20. The number of hydrogen-bond acceptors (Lipinski definition) is 2. The molecule has 0 saturated heterocycles. The summed E-state index contributed by atoms with van der Waals surface area (Å²) in [5.41, 5.74) is 0. The van der Waals surface area contributed by atoms with Crippen LogP contribution in [0, 0.1) is 17.8 Å². The molecule has 0 aliphatic heterocycles. The normalized spacial score (nSPS) is 15.1. The van der Waals surface area contributed by atoms with Crippen molar-refractivity contribution < 1.29 is 0 Å². The van der Waals surface area contributed by atoms with Crippen LogP contribution in [0.2, 0.25) is 0 Å². The Bertz CT molecular complexity index is 279. The Morgan fingerprint density at radius 3 is 2.47 bits per heavy atom. The quantitative estimate of drug-likeness (QED) is 0.732. The maximum atomic E-state index is 3.56. The van der Waals surface area contributed by atoms with Crippen LogP contribution in [0.4, 0.5) is 0 Å². The summed E-state index contributed by atoms with van der Waals surface area (Å²) in [6.45, 7) is 11.6. The Kier molecular flexibility index (Phi) is 6.83. The van der Waals surface area contributed by atoms with E-state index in [4.69, 9.17) is 0 Å². The van der Waals surface area contributed by atoms with Gasteiger partial charge in [0.2, 0.25) is 0 Å². The molecule has 0 spiro atoms. The lowest BCUT2D eigenvalue weighted by atomic mass is 9.91. The first-order chi connectivity index (χ1) is 8.09. The lowest BCUT2D eigenvalue weighted by molar-refractivity contribution is 0.342. The highest BCUT2D eigenvalue weighted by molar-refractivity contribution is 7.09. The Labute approximate surface area is 111 Å². The van der Waals surface area contributed by atoms with Gasteiger partial charge in [-0.3, -0.25) is 0 Å². The molecule has 1 rings (SSSR count). The van der Waals surface area contributed by atoms with E-state index in [9.17, 15) is 0 Å². The third-order valence-electron chi connectivity index (χ3n) is 3.42. The highest BCUT2D eigenvalue weighted by Crippen LogP contribution is 2.19. The van der Waals surface area contributed by atoms with Gasteiger partial charge in [-0.05, 0) is 55.1 Å². The van der Waals surface area contributed by atoms with E-state index in [1.807, 2.05) is 11.3 Å². The van der Waals surface area contributed by atoms with Crippen molar-refractivity contribution in [3.8, 4) is 0 Å². The minimum atomic E-state index is 0.753. The van der Waals surface area contributed by atoms with Crippen LogP contribution in [-0.2, 0) is 6.42 Å². The zero-order chi connectivity index (χ0) is 12.7. The average Bonchev–Trinajstić information content (AvgIpc) is 2.78. The van der Waals surface area contributed by atoms with E-state index < -0.39 is 0 Å². The van der Waals surface area contributed by atoms with Crippen molar-refractivity contribution in [2.75, 3.05) is 13.1 Å². The van der Waals surface area contributed by atoms with E-state index in [1.165, 1.54) is 17.7 Å². The Morgan fingerprint density at radius 1 is 1.12 bits per heavy atom. The SMILES string of the molecule is CC(C)CNCC(C)C(C)CCc1cccs1.